The highest BCUT2D eigenvalue weighted by Crippen LogP contribution is 2.40. The molecule has 1 aromatic carbocycles. The van der Waals surface area contributed by atoms with Crippen LogP contribution in [0.15, 0.2) is 30.3 Å². The Kier molecular flexibility index (Phi) is 9.33. The molecule has 2 rings (SSSR count). The molecule has 0 aliphatic carbocycles. The fraction of sp³-hybridized carbons (Fsp3) is 0.650. The van der Waals surface area contributed by atoms with Gasteiger partial charge in [0.05, 0.1) is 36.9 Å². The summed E-state index contributed by atoms with van der Waals surface area (Å²) in [5, 5.41) is 10.5. The number of esters is 1. The van der Waals surface area contributed by atoms with Gasteiger partial charge in [0.15, 0.2) is 0 Å². The molecule has 26 heavy (non-hydrogen) atoms. The van der Waals surface area contributed by atoms with Gasteiger partial charge >= 0.3 is 5.97 Å². The molecule has 0 bridgehead atoms. The van der Waals surface area contributed by atoms with Gasteiger partial charge in [-0.25, -0.2) is 0 Å². The van der Waals surface area contributed by atoms with Crippen molar-refractivity contribution in [2.45, 2.75) is 50.1 Å². The van der Waals surface area contributed by atoms with Gasteiger partial charge < -0.3 is 14.6 Å². The Morgan fingerprint density at radius 3 is 2.50 bits per heavy atom. The number of carbonyl (C=O) groups is 1. The second-order valence-electron chi connectivity index (χ2n) is 6.79. The van der Waals surface area contributed by atoms with E-state index in [2.05, 4.69) is 6.92 Å². The van der Waals surface area contributed by atoms with Gasteiger partial charge in [0.2, 0.25) is 0 Å². The monoisotopic (exact) mass is 398 g/mol. The predicted octanol–water partition coefficient (Wildman–Crippen LogP) is 3.96. The van der Waals surface area contributed by atoms with Crippen LogP contribution in [0.1, 0.15) is 32.3 Å². The lowest BCUT2D eigenvalue weighted by Crippen LogP contribution is -2.40. The second-order valence-corrected chi connectivity index (χ2v) is 9.59. The maximum Gasteiger partial charge on any atom is 0.308 e. The molecule has 1 heterocycles. The smallest absolute Gasteiger partial charge is 0.308 e. The fourth-order valence-electron chi connectivity index (χ4n) is 3.17. The molecule has 1 aromatic rings. The Balaban J connectivity index is 2.06. The molecule has 0 saturated carbocycles. The number of hydrogen-bond acceptors (Lipinski definition) is 6. The summed E-state index contributed by atoms with van der Waals surface area (Å²) in [4.78, 5) is 11.6. The molecule has 0 aromatic heterocycles. The molecule has 1 aliphatic heterocycles. The van der Waals surface area contributed by atoms with E-state index in [1.807, 2.05) is 60.8 Å². The van der Waals surface area contributed by atoms with Gasteiger partial charge in [-0.3, -0.25) is 4.79 Å². The minimum Gasteiger partial charge on any atom is -0.469 e. The van der Waals surface area contributed by atoms with Gasteiger partial charge in [-0.15, -0.1) is 23.5 Å². The van der Waals surface area contributed by atoms with Crippen LogP contribution in [0.4, 0.5) is 0 Å². The molecular formula is C20H30O4S2. The molecule has 2 unspecified atom stereocenters. The van der Waals surface area contributed by atoms with Crippen LogP contribution in [-0.2, 0) is 20.9 Å². The first-order chi connectivity index (χ1) is 12.5. The van der Waals surface area contributed by atoms with Crippen molar-refractivity contribution in [2.75, 3.05) is 18.6 Å². The van der Waals surface area contributed by atoms with Crippen molar-refractivity contribution in [2.24, 2.45) is 11.8 Å². The SMILES string of the molecule is COC(=O)CC(O)C(C)[C@@H](OCc1ccccc1)[C@@H](C)C1SCCCS1. The lowest BCUT2D eigenvalue weighted by Gasteiger charge is -2.37. The zero-order valence-electron chi connectivity index (χ0n) is 15.8. The first kappa shape index (κ1) is 21.6. The summed E-state index contributed by atoms with van der Waals surface area (Å²) in [6.45, 7) is 4.68. The topological polar surface area (TPSA) is 55.8 Å². The van der Waals surface area contributed by atoms with Crippen molar-refractivity contribution >= 4 is 29.5 Å². The minimum absolute atomic E-state index is 0.000532. The Hall–Kier alpha value is -0.690. The van der Waals surface area contributed by atoms with Gasteiger partial charge in [0.25, 0.3) is 0 Å². The molecule has 0 radical (unpaired) electrons. The number of rotatable bonds is 9. The molecule has 1 fully saturated rings. The molecular weight excluding hydrogens is 368 g/mol. The van der Waals surface area contributed by atoms with Gasteiger partial charge in [-0.05, 0) is 23.5 Å². The van der Waals surface area contributed by atoms with E-state index in [1.165, 1.54) is 25.0 Å². The average Bonchev–Trinajstić information content (AvgIpc) is 2.69. The summed E-state index contributed by atoms with van der Waals surface area (Å²) in [5.74, 6) is 2.08. The van der Waals surface area contributed by atoms with Gasteiger partial charge in [-0.1, -0.05) is 44.2 Å². The maximum atomic E-state index is 11.6. The van der Waals surface area contributed by atoms with Crippen LogP contribution >= 0.6 is 23.5 Å². The summed E-state index contributed by atoms with van der Waals surface area (Å²) in [5.41, 5.74) is 1.11. The van der Waals surface area contributed by atoms with Crippen LogP contribution in [-0.4, -0.2) is 46.5 Å². The van der Waals surface area contributed by atoms with Crippen LogP contribution in [0.2, 0.25) is 0 Å². The molecule has 0 spiro atoms. The summed E-state index contributed by atoms with van der Waals surface area (Å²) in [7, 11) is 1.35. The van der Waals surface area contributed by atoms with Crippen LogP contribution in [0, 0.1) is 11.8 Å². The van der Waals surface area contributed by atoms with Gasteiger partial charge in [0.1, 0.15) is 0 Å². The lowest BCUT2D eigenvalue weighted by atomic mass is 9.88. The maximum absolute atomic E-state index is 11.6. The van der Waals surface area contributed by atoms with Crippen LogP contribution < -0.4 is 0 Å². The summed E-state index contributed by atoms with van der Waals surface area (Å²) >= 11 is 3.96. The highest BCUT2D eigenvalue weighted by molar-refractivity contribution is 8.17. The first-order valence-corrected chi connectivity index (χ1v) is 11.3. The highest BCUT2D eigenvalue weighted by Gasteiger charge is 2.36. The predicted molar refractivity (Wildman–Crippen MR) is 109 cm³/mol. The third kappa shape index (κ3) is 6.48. The quantitative estimate of drug-likeness (QED) is 0.636. The molecule has 1 N–H and O–H groups in total. The third-order valence-corrected chi connectivity index (χ3v) is 8.20. The van der Waals surface area contributed by atoms with E-state index in [1.54, 1.807) is 0 Å². The minimum atomic E-state index is -0.774. The van der Waals surface area contributed by atoms with Crippen molar-refractivity contribution in [3.63, 3.8) is 0 Å². The van der Waals surface area contributed by atoms with Crippen LogP contribution in [0.3, 0.4) is 0 Å². The summed E-state index contributed by atoms with van der Waals surface area (Å²) in [6.07, 6.45) is 0.344. The van der Waals surface area contributed by atoms with Crippen LogP contribution in [0.25, 0.3) is 0 Å². The van der Waals surface area contributed by atoms with E-state index >= 15 is 0 Å². The number of hydrogen-bond donors (Lipinski definition) is 1. The fourth-order valence-corrected chi connectivity index (χ4v) is 6.32. The summed E-state index contributed by atoms with van der Waals surface area (Å²) < 4.78 is 11.5. The van der Waals surface area contributed by atoms with Crippen molar-refractivity contribution < 1.29 is 19.4 Å². The Labute approximate surface area is 165 Å². The molecule has 146 valence electrons. The number of ether oxygens (including phenoxy) is 2. The second kappa shape index (κ2) is 11.2. The molecule has 4 atom stereocenters. The van der Waals surface area contributed by atoms with E-state index in [0.717, 1.165) is 5.56 Å². The average molecular weight is 399 g/mol. The third-order valence-electron chi connectivity index (χ3n) is 4.81. The van der Waals surface area contributed by atoms with E-state index in [-0.39, 0.29) is 30.3 Å². The van der Waals surface area contributed by atoms with E-state index < -0.39 is 6.10 Å². The molecule has 0 amide bonds. The Morgan fingerprint density at radius 1 is 1.23 bits per heavy atom. The van der Waals surface area contributed by atoms with E-state index in [4.69, 9.17) is 9.47 Å². The van der Waals surface area contributed by atoms with Gasteiger partial charge in [0, 0.05) is 11.8 Å². The normalized spacial score (nSPS) is 20.2. The number of carbonyl (C=O) groups excluding carboxylic acids is 1. The number of aliphatic hydroxyl groups excluding tert-OH is 1. The van der Waals surface area contributed by atoms with Crippen LogP contribution in [0.5, 0.6) is 0 Å². The number of thioether (sulfide) groups is 2. The Bertz CT molecular complexity index is 534. The van der Waals surface area contributed by atoms with E-state index in [9.17, 15) is 9.90 Å². The zero-order valence-corrected chi connectivity index (χ0v) is 17.4. The van der Waals surface area contributed by atoms with E-state index in [0.29, 0.717) is 11.2 Å². The number of aliphatic hydroxyl groups is 1. The summed E-state index contributed by atoms with van der Waals surface area (Å²) in [6, 6.07) is 10.1. The molecule has 4 nitrogen and oxygen atoms in total. The highest BCUT2D eigenvalue weighted by atomic mass is 32.2. The Morgan fingerprint density at radius 2 is 1.88 bits per heavy atom. The van der Waals surface area contributed by atoms with Crippen molar-refractivity contribution in [1.29, 1.82) is 0 Å². The largest absolute Gasteiger partial charge is 0.469 e. The van der Waals surface area contributed by atoms with Crippen molar-refractivity contribution in [3.05, 3.63) is 35.9 Å². The number of benzene rings is 1. The first-order valence-electron chi connectivity index (χ1n) is 9.16. The molecule has 1 aliphatic rings. The van der Waals surface area contributed by atoms with Crippen molar-refractivity contribution in [3.8, 4) is 0 Å². The van der Waals surface area contributed by atoms with Crippen molar-refractivity contribution in [1.82, 2.24) is 0 Å². The standard InChI is InChI=1S/C20H30O4S2/c1-14(17(21)12-18(22)23-3)19(15(2)20-25-10-7-11-26-20)24-13-16-8-5-4-6-9-16/h4-6,8-9,14-15,17,19-21H,7,10-13H2,1-3H3/t14?,15-,17?,19-/m1/s1. The molecule has 6 heteroatoms. The number of methoxy groups -OCH3 is 1. The lowest BCUT2D eigenvalue weighted by molar-refractivity contribution is -0.145. The van der Waals surface area contributed by atoms with Gasteiger partial charge in [-0.2, -0.15) is 0 Å². The molecule has 1 saturated heterocycles. The zero-order chi connectivity index (χ0) is 18.9.